The van der Waals surface area contributed by atoms with E-state index in [0.717, 1.165) is 11.3 Å². The first kappa shape index (κ1) is 39.5. The normalized spacial score (nSPS) is 23.1. The highest BCUT2D eigenvalue weighted by Gasteiger charge is 2.70. The van der Waals surface area contributed by atoms with Gasteiger partial charge in [-0.25, -0.2) is 9.59 Å². The highest BCUT2D eigenvalue weighted by Crippen LogP contribution is 2.65. The van der Waals surface area contributed by atoms with E-state index < -0.39 is 70.6 Å². The summed E-state index contributed by atoms with van der Waals surface area (Å²) in [4.78, 5) is 96.8. The number of carbonyl (C=O) groups is 7. The van der Waals surface area contributed by atoms with Crippen LogP contribution in [-0.2, 0) is 24.0 Å². The van der Waals surface area contributed by atoms with E-state index in [1.807, 2.05) is 62.3 Å². The number of hydrogen-bond acceptors (Lipinski definition) is 7. The van der Waals surface area contributed by atoms with Gasteiger partial charge in [-0.3, -0.25) is 28.9 Å². The zero-order chi connectivity index (χ0) is 37.2. The average molecular weight is 688 g/mol. The van der Waals surface area contributed by atoms with Crippen LogP contribution in [0.3, 0.4) is 0 Å². The fourth-order valence-electron chi connectivity index (χ4n) is 7.13. The fourth-order valence-corrected chi connectivity index (χ4v) is 7.13. The second-order valence-corrected chi connectivity index (χ2v) is 16.4. The standard InChI is InChI=1S/C35H57N7O7/c1-12-14-15-21(26(44)29(46)36-16-13-2)38-28(45)25-24-20(35(24,9)10)18-42(25)30(47)27(34(6,7)8)39-32(49)40(11)22(33(3,4)5)19-41-23(43)17-37-31(41)48/h13,20-22,24-25,27H,2,12,14-19H2,1,3-11H3,(H,36,46)(H,37,48)(H,38,45)(H,39,49)/t20-,21?,22+,24-,25-,27+/m0/s1. The van der Waals surface area contributed by atoms with Crippen LogP contribution in [0.4, 0.5) is 9.59 Å². The first-order chi connectivity index (χ1) is 22.6. The van der Waals surface area contributed by atoms with Crippen molar-refractivity contribution in [2.24, 2.45) is 28.1 Å². The summed E-state index contributed by atoms with van der Waals surface area (Å²) in [5, 5.41) is 10.7. The van der Waals surface area contributed by atoms with Crippen LogP contribution in [0.2, 0.25) is 0 Å². The molecule has 0 spiro atoms. The van der Waals surface area contributed by atoms with Crippen LogP contribution in [0.5, 0.6) is 0 Å². The quantitative estimate of drug-likeness (QED) is 0.123. The molecule has 6 atom stereocenters. The van der Waals surface area contributed by atoms with E-state index in [-0.39, 0.29) is 49.2 Å². The molecule has 2 saturated heterocycles. The third kappa shape index (κ3) is 8.61. The molecule has 1 aliphatic carbocycles. The molecule has 3 aliphatic rings. The number of rotatable bonds is 14. The van der Waals surface area contributed by atoms with E-state index in [2.05, 4.69) is 27.8 Å². The Morgan fingerprint density at radius 3 is 2.20 bits per heavy atom. The Hall–Kier alpha value is -3.97. The number of likely N-dealkylation sites (N-methyl/N-ethyl adjacent to an activating group) is 1. The predicted octanol–water partition coefficient (Wildman–Crippen LogP) is 2.04. The van der Waals surface area contributed by atoms with E-state index in [1.165, 1.54) is 15.9 Å². The number of amides is 8. The topological polar surface area (TPSA) is 177 Å². The van der Waals surface area contributed by atoms with E-state index >= 15 is 0 Å². The number of urea groups is 2. The molecular weight excluding hydrogens is 630 g/mol. The molecule has 14 nitrogen and oxygen atoms in total. The lowest BCUT2D eigenvalue weighted by molar-refractivity contribution is -0.145. The zero-order valence-electron chi connectivity index (χ0n) is 30.9. The zero-order valence-corrected chi connectivity index (χ0v) is 30.9. The van der Waals surface area contributed by atoms with E-state index in [0.29, 0.717) is 13.0 Å². The monoisotopic (exact) mass is 687 g/mol. The van der Waals surface area contributed by atoms with E-state index in [4.69, 9.17) is 0 Å². The highest BCUT2D eigenvalue weighted by molar-refractivity contribution is 6.38. The predicted molar refractivity (Wildman–Crippen MR) is 184 cm³/mol. The van der Waals surface area contributed by atoms with Gasteiger partial charge in [-0.2, -0.15) is 0 Å². The summed E-state index contributed by atoms with van der Waals surface area (Å²) in [6.07, 6.45) is 3.08. The largest absolute Gasteiger partial charge is 0.346 e. The molecule has 49 heavy (non-hydrogen) atoms. The van der Waals surface area contributed by atoms with Gasteiger partial charge < -0.3 is 31.1 Å². The number of unbranched alkanes of at least 4 members (excludes halogenated alkanes) is 1. The van der Waals surface area contributed by atoms with Gasteiger partial charge in [0.15, 0.2) is 0 Å². The average Bonchev–Trinajstić information content (AvgIpc) is 3.29. The van der Waals surface area contributed by atoms with Crippen molar-refractivity contribution in [3.05, 3.63) is 12.7 Å². The molecule has 0 aromatic rings. The van der Waals surface area contributed by atoms with Crippen molar-refractivity contribution < 1.29 is 33.6 Å². The summed E-state index contributed by atoms with van der Waals surface area (Å²) in [6, 6.07) is -4.68. The molecule has 1 saturated carbocycles. The summed E-state index contributed by atoms with van der Waals surface area (Å²) >= 11 is 0. The van der Waals surface area contributed by atoms with Crippen molar-refractivity contribution in [2.45, 2.75) is 106 Å². The van der Waals surface area contributed by atoms with Crippen LogP contribution in [0.15, 0.2) is 12.7 Å². The van der Waals surface area contributed by atoms with Crippen molar-refractivity contribution in [2.75, 3.05) is 33.2 Å². The Labute approximate surface area is 290 Å². The minimum Gasteiger partial charge on any atom is -0.346 e. The summed E-state index contributed by atoms with van der Waals surface area (Å²) in [5.74, 6) is -3.01. The summed E-state index contributed by atoms with van der Waals surface area (Å²) in [6.45, 7) is 21.0. The number of nitrogens with zero attached hydrogens (tertiary/aromatic N) is 3. The molecule has 0 aromatic carbocycles. The second-order valence-electron chi connectivity index (χ2n) is 16.4. The summed E-state index contributed by atoms with van der Waals surface area (Å²) in [5.41, 5.74) is -1.54. The highest BCUT2D eigenvalue weighted by atomic mass is 16.2. The van der Waals surface area contributed by atoms with Crippen LogP contribution >= 0.6 is 0 Å². The number of carbonyl (C=O) groups excluding carboxylic acids is 7. The Bertz CT molecular complexity index is 1330. The van der Waals surface area contributed by atoms with E-state index in [9.17, 15) is 33.6 Å². The van der Waals surface area contributed by atoms with Gasteiger partial charge in [0, 0.05) is 20.1 Å². The minimum absolute atomic E-state index is 0.0252. The van der Waals surface area contributed by atoms with Gasteiger partial charge in [0.05, 0.1) is 25.2 Å². The molecule has 0 aromatic heterocycles. The number of Topliss-reactive ketones (excluding diaryl/α,β-unsaturated/α-hetero) is 1. The first-order valence-corrected chi connectivity index (χ1v) is 17.2. The van der Waals surface area contributed by atoms with Crippen LogP contribution in [0, 0.1) is 28.1 Å². The molecule has 3 fully saturated rings. The number of ketones is 1. The molecule has 2 aliphatic heterocycles. The minimum atomic E-state index is -1.05. The van der Waals surface area contributed by atoms with Crippen LogP contribution in [0.25, 0.3) is 0 Å². The third-order valence-corrected chi connectivity index (χ3v) is 10.3. The molecule has 0 bridgehead atoms. The summed E-state index contributed by atoms with van der Waals surface area (Å²) in [7, 11) is 1.57. The number of hydrogen-bond donors (Lipinski definition) is 4. The maximum absolute atomic E-state index is 14.5. The van der Waals surface area contributed by atoms with Crippen molar-refractivity contribution in [3.8, 4) is 0 Å². The summed E-state index contributed by atoms with van der Waals surface area (Å²) < 4.78 is 0. The Morgan fingerprint density at radius 2 is 1.69 bits per heavy atom. The molecule has 14 heteroatoms. The number of imide groups is 1. The van der Waals surface area contributed by atoms with Gasteiger partial charge in [-0.05, 0) is 34.5 Å². The number of fused-ring (bicyclic) bond motifs is 1. The first-order valence-electron chi connectivity index (χ1n) is 17.2. The Kier molecular flexibility index (Phi) is 12.0. The molecule has 4 N–H and O–H groups in total. The lowest BCUT2D eigenvalue weighted by Crippen LogP contribution is -2.63. The van der Waals surface area contributed by atoms with Crippen molar-refractivity contribution in [3.63, 3.8) is 0 Å². The van der Waals surface area contributed by atoms with Gasteiger partial charge in [0.25, 0.3) is 5.91 Å². The number of piperidine rings is 1. The maximum Gasteiger partial charge on any atom is 0.324 e. The molecular formula is C35H57N7O7. The third-order valence-electron chi connectivity index (χ3n) is 10.3. The fraction of sp³-hybridized carbons (Fsp3) is 0.743. The van der Waals surface area contributed by atoms with Crippen molar-refractivity contribution in [1.29, 1.82) is 0 Å². The molecule has 0 radical (unpaired) electrons. The van der Waals surface area contributed by atoms with Crippen molar-refractivity contribution in [1.82, 2.24) is 36.0 Å². The Balaban J connectivity index is 1.87. The lowest BCUT2D eigenvalue weighted by atomic mass is 9.84. The molecule has 2 heterocycles. The number of nitrogens with one attached hydrogen (secondary N) is 4. The second kappa shape index (κ2) is 14.9. The van der Waals surface area contributed by atoms with Crippen molar-refractivity contribution >= 4 is 41.5 Å². The molecule has 1 unspecified atom stereocenters. The smallest absolute Gasteiger partial charge is 0.324 e. The molecule has 8 amide bonds. The van der Waals surface area contributed by atoms with Gasteiger partial charge >= 0.3 is 12.1 Å². The SMILES string of the molecule is C=CCNC(=O)C(=O)C(CCCC)NC(=O)[C@@H]1[C@@H]2[C@H](CN1C(=O)[C@@H](NC(=O)N(C)[C@H](CN1C(=O)CNC1=O)C(C)(C)C)C(C)(C)C)C2(C)C. The van der Waals surface area contributed by atoms with E-state index in [1.54, 1.807) is 7.05 Å². The van der Waals surface area contributed by atoms with Gasteiger partial charge in [-0.1, -0.05) is 81.2 Å². The van der Waals surface area contributed by atoms with Crippen LogP contribution < -0.4 is 21.3 Å². The maximum atomic E-state index is 14.5. The molecule has 3 rings (SSSR count). The van der Waals surface area contributed by atoms with Gasteiger partial charge in [0.2, 0.25) is 23.5 Å². The number of likely N-dealkylation sites (tertiary alicyclic amines) is 1. The van der Waals surface area contributed by atoms with Crippen LogP contribution in [0.1, 0.15) is 81.6 Å². The van der Waals surface area contributed by atoms with Gasteiger partial charge in [0.1, 0.15) is 12.1 Å². The van der Waals surface area contributed by atoms with Crippen LogP contribution in [-0.4, -0.2) is 114 Å². The van der Waals surface area contributed by atoms with Gasteiger partial charge in [-0.15, -0.1) is 6.58 Å². The lowest BCUT2D eigenvalue weighted by Gasteiger charge is -2.42. The molecule has 274 valence electrons. The Morgan fingerprint density at radius 1 is 1.06 bits per heavy atom.